The standard InChI is InChI=1S/C84H96ClN11O24/c1-34(2)19-51(88-4)75(106)95-66-68(100)37-8-12-53(35(3)20-37)117-57-25-40-26-58(73(57)120-82-72(104)71(103)70(102)59(33-97)119-82)118-54-13-9-38(23-50(54)85)69(101)67-81(112)94-65(79(110)91-62-41-21-42-27-43-28-49(62)83(42,43)32-41)46-29-44(98)30-48-61(46)45-22-36(7-11-47(45)84(48,113)114)63(77(108)96-67)93-78(109)64(40)92-76(107)52(89-80(66)111)31-60(99)90-74(105)39-10-14-55(115-17-5-15-86)56(24-39)116-18-6-16-87/h7-14,20,22-26,29-30,34,41-43,49,51-52,59,62-72,82,88,97-98,100-104,113-114H,5-6,15-19,21,27-28,31-33,86-87H2,1-4H3,(H,89,111)(H,91,110)(H,92,107)(H,93,109)(H,94,112)(H,95,106)(H,96,108)(H,90,99,105). The number of rotatable bonds is 21. The van der Waals surface area contributed by atoms with E-state index in [-0.39, 0.29) is 146 Å². The highest BCUT2D eigenvalue weighted by Gasteiger charge is 2.76. The lowest BCUT2D eigenvalue weighted by Gasteiger charge is -2.67. The van der Waals surface area contributed by atoms with E-state index in [1.807, 2.05) is 13.8 Å². The third-order valence-corrected chi connectivity index (χ3v) is 25.2. The summed E-state index contributed by atoms with van der Waals surface area (Å²) in [6.07, 6.45) is -10.5. The lowest BCUT2D eigenvalue weighted by atomic mass is 9.38. The van der Waals surface area contributed by atoms with E-state index < -0.39 is 186 Å². The Hall–Kier alpha value is -10.6. The maximum absolute atomic E-state index is 16.6. The van der Waals surface area contributed by atoms with Crippen molar-refractivity contribution in [1.29, 1.82) is 0 Å². The van der Waals surface area contributed by atoms with Gasteiger partial charge in [-0.3, -0.25) is 48.5 Å². The fourth-order valence-corrected chi connectivity index (χ4v) is 19.1. The van der Waals surface area contributed by atoms with Gasteiger partial charge in [-0.05, 0) is 224 Å². The van der Waals surface area contributed by atoms with Gasteiger partial charge in [-0.1, -0.05) is 49.7 Å². The van der Waals surface area contributed by atoms with Crippen LogP contribution in [0, 0.1) is 41.9 Å². The number of hydrogen-bond acceptors (Lipinski definition) is 27. The molecular weight excluding hydrogens is 1580 g/mol. The number of nitrogens with two attached hydrogens (primary N) is 2. The number of phenolic OH excluding ortho intramolecular Hbond substituents is 1. The molecule has 4 saturated carbocycles. The van der Waals surface area contributed by atoms with Crippen molar-refractivity contribution in [3.05, 3.63) is 152 Å². The third kappa shape index (κ3) is 15.7. The molecule has 6 aromatic carbocycles. The molecule has 35 nitrogen and oxygen atoms in total. The van der Waals surface area contributed by atoms with Crippen molar-refractivity contribution in [2.24, 2.45) is 46.5 Å². The molecule has 22 N–H and O–H groups in total. The Morgan fingerprint density at radius 2 is 1.33 bits per heavy atom. The molecule has 20 atom stereocenters. The summed E-state index contributed by atoms with van der Waals surface area (Å²) in [4.78, 5) is 139. The van der Waals surface area contributed by atoms with Crippen molar-refractivity contribution in [1.82, 2.24) is 47.9 Å². The van der Waals surface area contributed by atoms with Gasteiger partial charge in [0.15, 0.2) is 23.0 Å². The highest BCUT2D eigenvalue weighted by molar-refractivity contribution is 6.32. The van der Waals surface area contributed by atoms with Crippen LogP contribution in [0.2, 0.25) is 5.02 Å². The van der Waals surface area contributed by atoms with Gasteiger partial charge in [0.25, 0.3) is 5.91 Å². The van der Waals surface area contributed by atoms with E-state index in [0.717, 1.165) is 56.0 Å². The van der Waals surface area contributed by atoms with Crippen LogP contribution >= 0.6 is 11.6 Å². The number of hydrogen-bond donors (Lipinski definition) is 20. The largest absolute Gasteiger partial charge is 0.508 e. The number of fused-ring (bicyclic) bond motifs is 13. The number of benzene rings is 6. The molecule has 13 bridgehead atoms. The Morgan fingerprint density at radius 1 is 0.667 bits per heavy atom. The van der Waals surface area contributed by atoms with Crippen LogP contribution in [0.25, 0.3) is 11.1 Å². The number of phenols is 1. The van der Waals surface area contributed by atoms with Crippen molar-refractivity contribution >= 4 is 64.8 Å². The Balaban J connectivity index is 0.899. The summed E-state index contributed by atoms with van der Waals surface area (Å²) in [5.74, 6) is -15.1. The summed E-state index contributed by atoms with van der Waals surface area (Å²) in [7, 11) is 1.49. The van der Waals surface area contributed by atoms with Crippen LogP contribution in [0.4, 0.5) is 0 Å². The lowest BCUT2D eigenvalue weighted by Crippen LogP contribution is -2.65. The van der Waals surface area contributed by atoms with Crippen molar-refractivity contribution < 1.29 is 118 Å². The Bertz CT molecular complexity index is 5090. The van der Waals surface area contributed by atoms with Crippen LogP contribution in [-0.2, 0) is 48.9 Å². The number of aliphatic hydroxyl groups is 8. The molecule has 0 radical (unpaired) electrons. The van der Waals surface area contributed by atoms with Gasteiger partial charge in [-0.25, -0.2) is 0 Å². The summed E-state index contributed by atoms with van der Waals surface area (Å²) in [5.41, 5.74) is 9.59. The molecule has 9 amide bonds. The van der Waals surface area contributed by atoms with Crippen molar-refractivity contribution in [3.8, 4) is 57.1 Å². The summed E-state index contributed by atoms with van der Waals surface area (Å²) >= 11 is 7.21. The molecule has 1 spiro atoms. The normalized spacial score (nSPS) is 29.3. The minimum Gasteiger partial charge on any atom is -0.508 e. The topological polar surface area (TPSA) is 551 Å². The van der Waals surface area contributed by atoms with E-state index in [4.69, 9.17) is 51.5 Å². The van der Waals surface area contributed by atoms with Gasteiger partial charge in [-0.15, -0.1) is 0 Å². The van der Waals surface area contributed by atoms with Gasteiger partial charge in [0.1, 0.15) is 90.1 Å². The van der Waals surface area contributed by atoms with Gasteiger partial charge >= 0.3 is 0 Å². The van der Waals surface area contributed by atoms with Crippen LogP contribution < -0.4 is 83.0 Å². The molecule has 1 saturated heterocycles. The van der Waals surface area contributed by atoms with Gasteiger partial charge in [0.2, 0.25) is 65.1 Å². The fourth-order valence-electron chi connectivity index (χ4n) is 18.8. The van der Waals surface area contributed by atoms with E-state index in [0.29, 0.717) is 24.7 Å². The molecule has 120 heavy (non-hydrogen) atoms. The molecule has 11 aliphatic rings. The second-order valence-corrected chi connectivity index (χ2v) is 33.2. The van der Waals surface area contributed by atoms with Gasteiger partial charge in [0.05, 0.1) is 37.3 Å². The number of aryl methyl sites for hydroxylation is 1. The molecule has 36 heteroatoms. The molecule has 20 unspecified atom stereocenters. The minimum absolute atomic E-state index is 0.0610. The quantitative estimate of drug-likeness (QED) is 0.0353. The maximum atomic E-state index is 16.6. The first-order chi connectivity index (χ1) is 57.3. The van der Waals surface area contributed by atoms with Crippen LogP contribution in [0.1, 0.15) is 150 Å². The third-order valence-electron chi connectivity index (χ3n) is 24.9. The number of carbonyl (C=O) groups excluding carboxylic acids is 9. The zero-order valence-electron chi connectivity index (χ0n) is 65.7. The lowest BCUT2D eigenvalue weighted by molar-refractivity contribution is -0.277. The molecule has 5 aliphatic carbocycles. The van der Waals surface area contributed by atoms with Crippen LogP contribution in [0.3, 0.4) is 0 Å². The Morgan fingerprint density at radius 3 is 2.01 bits per heavy atom. The molecule has 638 valence electrons. The minimum atomic E-state index is -2.98. The monoisotopic (exact) mass is 1680 g/mol. The summed E-state index contributed by atoms with van der Waals surface area (Å²) in [5, 5.41) is 130. The van der Waals surface area contributed by atoms with E-state index in [2.05, 4.69) is 47.9 Å². The highest BCUT2D eigenvalue weighted by atomic mass is 35.5. The number of aromatic hydroxyl groups is 1. The van der Waals surface area contributed by atoms with Crippen LogP contribution in [0.15, 0.2) is 97.1 Å². The molecular formula is C84H96ClN11O24. The number of nitrogens with one attached hydrogen (secondary N) is 9. The molecule has 6 heterocycles. The highest BCUT2D eigenvalue weighted by Crippen LogP contribution is 2.81. The maximum Gasteiger partial charge on any atom is 0.257 e. The van der Waals surface area contributed by atoms with Crippen molar-refractivity contribution in [2.45, 2.75) is 169 Å². The molecule has 6 aliphatic heterocycles. The molecule has 0 aromatic heterocycles. The van der Waals surface area contributed by atoms with E-state index in [1.165, 1.54) is 80.7 Å². The van der Waals surface area contributed by atoms with Crippen LogP contribution in [-0.4, -0.2) is 200 Å². The number of aliphatic hydroxyl groups excluding tert-OH is 6. The van der Waals surface area contributed by atoms with E-state index >= 15 is 28.8 Å². The Kier molecular flexibility index (Phi) is 23.7. The summed E-state index contributed by atoms with van der Waals surface area (Å²) < 4.78 is 37.6. The average Bonchev–Trinajstić information content (AvgIpc) is 1.48. The summed E-state index contributed by atoms with van der Waals surface area (Å²) in [6.45, 7) is 4.98. The van der Waals surface area contributed by atoms with Gasteiger partial charge in [-0.2, -0.15) is 0 Å². The van der Waals surface area contributed by atoms with Crippen molar-refractivity contribution in [3.63, 3.8) is 0 Å². The van der Waals surface area contributed by atoms with Crippen molar-refractivity contribution in [2.75, 3.05) is 40.0 Å². The first kappa shape index (κ1) is 84.4. The zero-order valence-corrected chi connectivity index (χ0v) is 66.4. The SMILES string of the molecule is CNC(CC(C)C)C(=O)NC1C(=O)NC(CC(=O)NC(=O)c2ccc(OCCCN)c(OCCCN)c2)C(=O)NC2C(=O)NC3C(=O)NC(C(=O)NC(C(=O)NC4C5CC6CC7CC4C67C5)c4cc(O)cc5c4-c4cc3ccc4C5(O)O)C(O)c3ccc(c(Cl)c3)Oc3cc2cc(c3OC2OC(CO)C(O)C(O)C2O)Oc2ccc(cc2C)C1O. The predicted molar refractivity (Wildman–Crippen MR) is 422 cm³/mol. The molecule has 17 rings (SSSR count). The van der Waals surface area contributed by atoms with Crippen LogP contribution in [0.5, 0.6) is 46.0 Å². The number of carbonyl (C=O) groups is 9. The fraction of sp³-hybridized carbons (Fsp3) is 0.464. The second-order valence-electron chi connectivity index (χ2n) is 32.8. The first-order valence-corrected chi connectivity index (χ1v) is 40.4. The summed E-state index contributed by atoms with van der Waals surface area (Å²) in [6, 6.07) is 5.30. The van der Waals surface area contributed by atoms with Gasteiger partial charge in [0, 0.05) is 22.7 Å². The number of halogens is 1. The second kappa shape index (κ2) is 33.8. The average molecular weight is 1680 g/mol. The molecule has 6 aromatic rings. The predicted octanol–water partition coefficient (Wildman–Crippen LogP) is 1.00. The number of amides is 9. The van der Waals surface area contributed by atoms with E-state index in [1.54, 1.807) is 0 Å². The number of likely N-dealkylation sites (N-methyl/N-ethyl adjacent to an activating group) is 1. The number of ether oxygens (including phenoxy) is 6. The number of imide groups is 1. The van der Waals surface area contributed by atoms with Gasteiger partial charge < -0.3 is 128 Å². The Labute approximate surface area is 691 Å². The van der Waals surface area contributed by atoms with E-state index in [9.17, 15) is 60.3 Å². The smallest absolute Gasteiger partial charge is 0.257 e. The first-order valence-electron chi connectivity index (χ1n) is 40.0. The zero-order chi connectivity index (χ0) is 85.4. The molecule has 5 fully saturated rings.